The number of rotatable bonds is 2. The van der Waals surface area contributed by atoms with Crippen molar-refractivity contribution >= 4 is 5.97 Å². The maximum absolute atomic E-state index is 10.6. The number of hydrogen-bond donors (Lipinski definition) is 1. The van der Waals surface area contributed by atoms with Crippen LogP contribution in [0.5, 0.6) is 0 Å². The smallest absolute Gasteiger partial charge is 0.307 e. The van der Waals surface area contributed by atoms with Crippen molar-refractivity contribution in [3.63, 3.8) is 0 Å². The zero-order chi connectivity index (χ0) is 10.1. The molecule has 0 heterocycles. The Balaban J connectivity index is 2.30. The lowest BCUT2D eigenvalue weighted by atomic mass is 10.00. The van der Waals surface area contributed by atoms with Gasteiger partial charge >= 0.3 is 5.97 Å². The number of aryl methyl sites for hydroxylation is 1. The fraction of sp³-hybridized carbons (Fsp3) is 0.417. The van der Waals surface area contributed by atoms with Crippen molar-refractivity contribution < 1.29 is 9.90 Å². The highest BCUT2D eigenvalue weighted by Gasteiger charge is 2.18. The van der Waals surface area contributed by atoms with Crippen molar-refractivity contribution in [2.45, 2.75) is 32.1 Å². The van der Waals surface area contributed by atoms with Crippen molar-refractivity contribution in [3.05, 3.63) is 34.9 Å². The van der Waals surface area contributed by atoms with Gasteiger partial charge in [-0.1, -0.05) is 25.1 Å². The molecule has 1 aromatic rings. The minimum atomic E-state index is -0.754. The monoisotopic (exact) mass is 190 g/mol. The SMILES string of the molecule is CC1CCc2ccc(CC(=O)O)cc21. The van der Waals surface area contributed by atoms with Gasteiger partial charge < -0.3 is 5.11 Å². The molecule has 1 atom stereocenters. The van der Waals surface area contributed by atoms with E-state index in [2.05, 4.69) is 19.1 Å². The Morgan fingerprint density at radius 1 is 1.57 bits per heavy atom. The highest BCUT2D eigenvalue weighted by atomic mass is 16.4. The number of aliphatic carboxylic acids is 1. The highest BCUT2D eigenvalue weighted by molar-refractivity contribution is 5.70. The van der Waals surface area contributed by atoms with E-state index in [1.807, 2.05) is 6.07 Å². The molecule has 2 rings (SSSR count). The van der Waals surface area contributed by atoms with E-state index in [4.69, 9.17) is 5.11 Å². The second-order valence-electron chi connectivity index (χ2n) is 4.04. The van der Waals surface area contributed by atoms with Crippen LogP contribution in [0.1, 0.15) is 36.0 Å². The first-order chi connectivity index (χ1) is 6.66. The standard InChI is InChI=1S/C12H14O2/c1-8-2-4-10-5-3-9(6-11(8)10)7-12(13)14/h3,5-6,8H,2,4,7H2,1H3,(H,13,14). The van der Waals surface area contributed by atoms with Crippen molar-refractivity contribution in [2.24, 2.45) is 0 Å². The molecule has 1 aliphatic rings. The van der Waals surface area contributed by atoms with Crippen LogP contribution in [-0.2, 0) is 17.6 Å². The molecular weight excluding hydrogens is 176 g/mol. The van der Waals surface area contributed by atoms with Crippen LogP contribution in [0.4, 0.5) is 0 Å². The van der Waals surface area contributed by atoms with Gasteiger partial charge in [0.2, 0.25) is 0 Å². The molecule has 1 N–H and O–H groups in total. The Bertz CT molecular complexity index is 369. The number of carboxylic acid groups (broad SMARTS) is 1. The maximum atomic E-state index is 10.6. The van der Waals surface area contributed by atoms with Crippen LogP contribution >= 0.6 is 0 Å². The molecule has 0 bridgehead atoms. The lowest BCUT2D eigenvalue weighted by Gasteiger charge is -2.06. The molecule has 1 unspecified atom stereocenters. The van der Waals surface area contributed by atoms with E-state index in [0.717, 1.165) is 12.0 Å². The Morgan fingerprint density at radius 2 is 2.36 bits per heavy atom. The summed E-state index contributed by atoms with van der Waals surface area (Å²) in [6, 6.07) is 6.07. The molecule has 0 saturated carbocycles. The Morgan fingerprint density at radius 3 is 3.07 bits per heavy atom. The summed E-state index contributed by atoms with van der Waals surface area (Å²) in [4.78, 5) is 10.6. The minimum absolute atomic E-state index is 0.139. The van der Waals surface area contributed by atoms with Gasteiger partial charge in [0.05, 0.1) is 6.42 Å². The lowest BCUT2D eigenvalue weighted by molar-refractivity contribution is -0.136. The zero-order valence-corrected chi connectivity index (χ0v) is 8.29. The predicted molar refractivity (Wildman–Crippen MR) is 54.5 cm³/mol. The van der Waals surface area contributed by atoms with Crippen molar-refractivity contribution in [1.29, 1.82) is 0 Å². The first-order valence-corrected chi connectivity index (χ1v) is 5.00. The van der Waals surface area contributed by atoms with Gasteiger partial charge in [0, 0.05) is 0 Å². The number of hydrogen-bond acceptors (Lipinski definition) is 1. The van der Waals surface area contributed by atoms with E-state index in [0.29, 0.717) is 5.92 Å². The van der Waals surface area contributed by atoms with Gasteiger partial charge in [-0.25, -0.2) is 0 Å². The average molecular weight is 190 g/mol. The highest BCUT2D eigenvalue weighted by Crippen LogP contribution is 2.33. The lowest BCUT2D eigenvalue weighted by Crippen LogP contribution is -2.01. The summed E-state index contributed by atoms with van der Waals surface area (Å²) in [7, 11) is 0. The van der Waals surface area contributed by atoms with E-state index in [-0.39, 0.29) is 6.42 Å². The summed E-state index contributed by atoms with van der Waals surface area (Å²) in [6.07, 6.45) is 2.48. The molecule has 0 radical (unpaired) electrons. The molecule has 0 fully saturated rings. The summed E-state index contributed by atoms with van der Waals surface area (Å²) in [5.41, 5.74) is 3.67. The second kappa shape index (κ2) is 3.45. The van der Waals surface area contributed by atoms with Gasteiger partial charge in [0.15, 0.2) is 0 Å². The largest absolute Gasteiger partial charge is 0.481 e. The van der Waals surface area contributed by atoms with Gasteiger partial charge in [-0.2, -0.15) is 0 Å². The molecule has 0 saturated heterocycles. The molecule has 0 spiro atoms. The van der Waals surface area contributed by atoms with Crippen LogP contribution in [0.15, 0.2) is 18.2 Å². The van der Waals surface area contributed by atoms with Crippen LogP contribution in [0.2, 0.25) is 0 Å². The molecule has 0 amide bonds. The average Bonchev–Trinajstić information content (AvgIpc) is 2.47. The van der Waals surface area contributed by atoms with Gasteiger partial charge in [0.25, 0.3) is 0 Å². The first-order valence-electron chi connectivity index (χ1n) is 5.00. The second-order valence-corrected chi connectivity index (χ2v) is 4.04. The summed E-state index contributed by atoms with van der Waals surface area (Å²) in [6.45, 7) is 2.20. The molecule has 2 heteroatoms. The Kier molecular flexibility index (Phi) is 2.28. The van der Waals surface area contributed by atoms with Gasteiger partial charge in [0.1, 0.15) is 0 Å². The van der Waals surface area contributed by atoms with E-state index >= 15 is 0 Å². The van der Waals surface area contributed by atoms with Crippen LogP contribution in [-0.4, -0.2) is 11.1 Å². The molecule has 14 heavy (non-hydrogen) atoms. The maximum Gasteiger partial charge on any atom is 0.307 e. The third kappa shape index (κ3) is 1.65. The topological polar surface area (TPSA) is 37.3 Å². The number of fused-ring (bicyclic) bond motifs is 1. The third-order valence-electron chi connectivity index (χ3n) is 2.94. The van der Waals surface area contributed by atoms with Crippen molar-refractivity contribution in [3.8, 4) is 0 Å². The molecule has 0 aliphatic heterocycles. The number of carbonyl (C=O) groups is 1. The van der Waals surface area contributed by atoms with E-state index in [9.17, 15) is 4.79 Å². The van der Waals surface area contributed by atoms with Crippen LogP contribution in [0.25, 0.3) is 0 Å². The van der Waals surface area contributed by atoms with E-state index in [1.165, 1.54) is 17.5 Å². The fourth-order valence-corrected chi connectivity index (χ4v) is 2.14. The van der Waals surface area contributed by atoms with Crippen LogP contribution < -0.4 is 0 Å². The van der Waals surface area contributed by atoms with Crippen molar-refractivity contribution in [1.82, 2.24) is 0 Å². The van der Waals surface area contributed by atoms with E-state index < -0.39 is 5.97 Å². The third-order valence-corrected chi connectivity index (χ3v) is 2.94. The number of carboxylic acids is 1. The molecule has 2 nitrogen and oxygen atoms in total. The predicted octanol–water partition coefficient (Wildman–Crippen LogP) is 2.36. The summed E-state index contributed by atoms with van der Waals surface area (Å²) in [5.74, 6) is -0.158. The molecular formula is C12H14O2. The Labute approximate surface area is 83.6 Å². The van der Waals surface area contributed by atoms with Gasteiger partial charge in [-0.15, -0.1) is 0 Å². The van der Waals surface area contributed by atoms with Crippen molar-refractivity contribution in [2.75, 3.05) is 0 Å². The molecule has 1 aromatic carbocycles. The number of benzene rings is 1. The van der Waals surface area contributed by atoms with Gasteiger partial charge in [-0.3, -0.25) is 4.79 Å². The summed E-state index contributed by atoms with van der Waals surface area (Å²) >= 11 is 0. The fourth-order valence-electron chi connectivity index (χ4n) is 2.14. The molecule has 74 valence electrons. The van der Waals surface area contributed by atoms with Crippen LogP contribution in [0.3, 0.4) is 0 Å². The molecule has 0 aromatic heterocycles. The summed E-state index contributed by atoms with van der Waals surface area (Å²) in [5, 5.41) is 8.68. The quantitative estimate of drug-likeness (QED) is 0.777. The molecule has 1 aliphatic carbocycles. The minimum Gasteiger partial charge on any atom is -0.481 e. The van der Waals surface area contributed by atoms with E-state index in [1.54, 1.807) is 0 Å². The summed E-state index contributed by atoms with van der Waals surface area (Å²) < 4.78 is 0. The zero-order valence-electron chi connectivity index (χ0n) is 8.29. The normalized spacial score (nSPS) is 19.4. The van der Waals surface area contributed by atoms with Crippen LogP contribution in [0, 0.1) is 0 Å². The van der Waals surface area contributed by atoms with Gasteiger partial charge in [-0.05, 0) is 35.4 Å². The Hall–Kier alpha value is -1.31. The first kappa shape index (κ1) is 9.25.